The monoisotopic (exact) mass is 218 g/mol. The summed E-state index contributed by atoms with van der Waals surface area (Å²) in [6.07, 6.45) is 6.49. The van der Waals surface area contributed by atoms with Crippen molar-refractivity contribution in [2.24, 2.45) is 11.3 Å². The number of halogens is 1. The zero-order valence-electron chi connectivity index (χ0n) is 9.52. The molecule has 1 aliphatic rings. The molecular formula is C12H23ClO. The second-order valence-electron chi connectivity index (χ2n) is 5.06. The number of rotatable bonds is 6. The summed E-state index contributed by atoms with van der Waals surface area (Å²) in [5, 5.41) is 0. The molecule has 0 N–H and O–H groups in total. The molecule has 0 heterocycles. The summed E-state index contributed by atoms with van der Waals surface area (Å²) >= 11 is 6.05. The Kier molecular flexibility index (Phi) is 5.25. The standard InChI is InChI=1S/C12H23ClO/c1-11(2)9-14-8-7-12(10-13)5-3-4-6-12/h11H,3-10H2,1-2H3. The molecule has 0 saturated heterocycles. The lowest BCUT2D eigenvalue weighted by Gasteiger charge is -2.26. The summed E-state index contributed by atoms with van der Waals surface area (Å²) in [5.74, 6) is 1.46. The van der Waals surface area contributed by atoms with E-state index in [2.05, 4.69) is 13.8 Å². The van der Waals surface area contributed by atoms with E-state index in [0.29, 0.717) is 11.3 Å². The Balaban J connectivity index is 2.15. The van der Waals surface area contributed by atoms with E-state index in [0.717, 1.165) is 25.5 Å². The van der Waals surface area contributed by atoms with Crippen molar-refractivity contribution in [3.63, 3.8) is 0 Å². The Labute approximate surface area is 93.2 Å². The lowest BCUT2D eigenvalue weighted by molar-refractivity contribution is 0.0828. The summed E-state index contributed by atoms with van der Waals surface area (Å²) in [5.41, 5.74) is 0.415. The van der Waals surface area contributed by atoms with E-state index in [-0.39, 0.29) is 0 Å². The van der Waals surface area contributed by atoms with Crippen LogP contribution >= 0.6 is 11.6 Å². The molecule has 1 rings (SSSR count). The predicted octanol–water partition coefficient (Wildman–Crippen LogP) is 3.85. The Morgan fingerprint density at radius 1 is 1.29 bits per heavy atom. The maximum Gasteiger partial charge on any atom is 0.0488 e. The van der Waals surface area contributed by atoms with Gasteiger partial charge in [0.05, 0.1) is 0 Å². The molecule has 0 atom stereocenters. The number of hydrogen-bond acceptors (Lipinski definition) is 1. The average Bonchev–Trinajstić information content (AvgIpc) is 2.62. The molecule has 0 aromatic rings. The molecule has 14 heavy (non-hydrogen) atoms. The molecule has 0 radical (unpaired) electrons. The van der Waals surface area contributed by atoms with Gasteiger partial charge in [0.2, 0.25) is 0 Å². The third-order valence-corrected chi connectivity index (χ3v) is 3.74. The minimum absolute atomic E-state index is 0.415. The van der Waals surface area contributed by atoms with E-state index < -0.39 is 0 Å². The van der Waals surface area contributed by atoms with Gasteiger partial charge in [-0.05, 0) is 30.6 Å². The third kappa shape index (κ3) is 3.78. The van der Waals surface area contributed by atoms with Gasteiger partial charge >= 0.3 is 0 Å². The first-order chi connectivity index (χ1) is 6.68. The van der Waals surface area contributed by atoms with Crippen LogP contribution in [0, 0.1) is 11.3 Å². The van der Waals surface area contributed by atoms with Gasteiger partial charge in [0.1, 0.15) is 0 Å². The first-order valence-electron chi connectivity index (χ1n) is 5.82. The van der Waals surface area contributed by atoms with Crippen molar-refractivity contribution < 1.29 is 4.74 Å². The third-order valence-electron chi connectivity index (χ3n) is 3.18. The van der Waals surface area contributed by atoms with Crippen LogP contribution in [0.15, 0.2) is 0 Å². The molecule has 2 heteroatoms. The lowest BCUT2D eigenvalue weighted by atomic mass is 9.85. The largest absolute Gasteiger partial charge is 0.381 e. The van der Waals surface area contributed by atoms with Gasteiger partial charge in [-0.25, -0.2) is 0 Å². The quantitative estimate of drug-likeness (QED) is 0.486. The van der Waals surface area contributed by atoms with Crippen LogP contribution in [0.25, 0.3) is 0 Å². The molecule has 0 spiro atoms. The lowest BCUT2D eigenvalue weighted by Crippen LogP contribution is -2.21. The molecule has 1 saturated carbocycles. The maximum atomic E-state index is 6.05. The molecule has 0 aromatic carbocycles. The summed E-state index contributed by atoms with van der Waals surface area (Å²) in [6.45, 7) is 6.16. The minimum Gasteiger partial charge on any atom is -0.381 e. The molecule has 1 nitrogen and oxygen atoms in total. The van der Waals surface area contributed by atoms with Crippen molar-refractivity contribution in [2.75, 3.05) is 19.1 Å². The van der Waals surface area contributed by atoms with Crippen molar-refractivity contribution >= 4 is 11.6 Å². The smallest absolute Gasteiger partial charge is 0.0488 e. The molecule has 0 aromatic heterocycles. The number of hydrogen-bond donors (Lipinski definition) is 0. The minimum atomic E-state index is 0.415. The normalized spacial score (nSPS) is 20.6. The fourth-order valence-corrected chi connectivity index (χ4v) is 2.58. The van der Waals surface area contributed by atoms with E-state index >= 15 is 0 Å². The average molecular weight is 219 g/mol. The zero-order valence-corrected chi connectivity index (χ0v) is 10.3. The van der Waals surface area contributed by atoms with E-state index in [4.69, 9.17) is 16.3 Å². The fraction of sp³-hybridized carbons (Fsp3) is 1.00. The Bertz CT molecular complexity index is 150. The van der Waals surface area contributed by atoms with E-state index in [1.165, 1.54) is 25.7 Å². The Morgan fingerprint density at radius 2 is 1.93 bits per heavy atom. The number of ether oxygens (including phenoxy) is 1. The van der Waals surface area contributed by atoms with Gasteiger partial charge in [-0.2, -0.15) is 0 Å². The molecule has 0 unspecified atom stereocenters. The molecule has 0 bridgehead atoms. The molecule has 84 valence electrons. The highest BCUT2D eigenvalue weighted by Gasteiger charge is 2.32. The van der Waals surface area contributed by atoms with Crippen LogP contribution in [-0.4, -0.2) is 19.1 Å². The highest BCUT2D eigenvalue weighted by molar-refractivity contribution is 6.18. The van der Waals surface area contributed by atoms with Crippen LogP contribution in [0.5, 0.6) is 0 Å². The summed E-state index contributed by atoms with van der Waals surface area (Å²) in [4.78, 5) is 0. The van der Waals surface area contributed by atoms with Crippen LogP contribution in [0.4, 0.5) is 0 Å². The highest BCUT2D eigenvalue weighted by Crippen LogP contribution is 2.41. The highest BCUT2D eigenvalue weighted by atomic mass is 35.5. The second-order valence-corrected chi connectivity index (χ2v) is 5.33. The van der Waals surface area contributed by atoms with Crippen molar-refractivity contribution in [3.05, 3.63) is 0 Å². The van der Waals surface area contributed by atoms with Gasteiger partial charge in [0.15, 0.2) is 0 Å². The van der Waals surface area contributed by atoms with Gasteiger partial charge < -0.3 is 4.74 Å². The second kappa shape index (κ2) is 5.97. The van der Waals surface area contributed by atoms with Crippen LogP contribution in [0.1, 0.15) is 46.0 Å². The summed E-state index contributed by atoms with van der Waals surface area (Å²) < 4.78 is 5.63. The van der Waals surface area contributed by atoms with Gasteiger partial charge in [-0.15, -0.1) is 11.6 Å². The van der Waals surface area contributed by atoms with Gasteiger partial charge in [0.25, 0.3) is 0 Å². The van der Waals surface area contributed by atoms with E-state index in [1.54, 1.807) is 0 Å². The molecule has 1 fully saturated rings. The van der Waals surface area contributed by atoms with Crippen molar-refractivity contribution in [2.45, 2.75) is 46.0 Å². The van der Waals surface area contributed by atoms with Crippen LogP contribution in [-0.2, 0) is 4.74 Å². The summed E-state index contributed by atoms with van der Waals surface area (Å²) in [6, 6.07) is 0. The van der Waals surface area contributed by atoms with E-state index in [9.17, 15) is 0 Å². The molecule has 0 amide bonds. The first-order valence-corrected chi connectivity index (χ1v) is 6.36. The van der Waals surface area contributed by atoms with Crippen LogP contribution in [0.3, 0.4) is 0 Å². The molecular weight excluding hydrogens is 196 g/mol. The Morgan fingerprint density at radius 3 is 2.43 bits per heavy atom. The van der Waals surface area contributed by atoms with Gasteiger partial charge in [-0.1, -0.05) is 26.7 Å². The van der Waals surface area contributed by atoms with Crippen LogP contribution < -0.4 is 0 Å². The van der Waals surface area contributed by atoms with Gasteiger partial charge in [0, 0.05) is 19.1 Å². The predicted molar refractivity (Wildman–Crippen MR) is 61.9 cm³/mol. The first kappa shape index (κ1) is 12.3. The maximum absolute atomic E-state index is 6.05. The fourth-order valence-electron chi connectivity index (χ4n) is 2.18. The van der Waals surface area contributed by atoms with Crippen LogP contribution in [0.2, 0.25) is 0 Å². The zero-order chi connectivity index (χ0) is 10.4. The van der Waals surface area contributed by atoms with Crippen molar-refractivity contribution in [1.29, 1.82) is 0 Å². The summed E-state index contributed by atoms with van der Waals surface area (Å²) in [7, 11) is 0. The molecule has 1 aliphatic carbocycles. The number of alkyl halides is 1. The van der Waals surface area contributed by atoms with Gasteiger partial charge in [-0.3, -0.25) is 0 Å². The molecule has 0 aliphatic heterocycles. The van der Waals surface area contributed by atoms with Crippen molar-refractivity contribution in [1.82, 2.24) is 0 Å². The topological polar surface area (TPSA) is 9.23 Å². The van der Waals surface area contributed by atoms with E-state index in [1.807, 2.05) is 0 Å². The SMILES string of the molecule is CC(C)COCCC1(CCl)CCCC1. The Hall–Kier alpha value is 0.250. The van der Waals surface area contributed by atoms with Crippen molar-refractivity contribution in [3.8, 4) is 0 Å².